The number of hydrogen-bond acceptors (Lipinski definition) is 4. The Morgan fingerprint density at radius 1 is 1.13 bits per heavy atom. The molecular formula is C28H22ClF3N2O3S. The van der Waals surface area contributed by atoms with Crippen molar-refractivity contribution in [3.8, 4) is 11.4 Å². The molecule has 10 heteroatoms. The molecule has 0 bridgehead atoms. The maximum absolute atomic E-state index is 14.6. The van der Waals surface area contributed by atoms with Crippen LogP contribution in [0.3, 0.4) is 0 Å². The lowest BCUT2D eigenvalue weighted by Crippen LogP contribution is -2.15. The van der Waals surface area contributed by atoms with Crippen LogP contribution in [0.5, 0.6) is 5.75 Å². The van der Waals surface area contributed by atoms with Crippen LogP contribution in [0.25, 0.3) is 5.69 Å². The minimum Gasteiger partial charge on any atom is -0.495 e. The van der Waals surface area contributed by atoms with E-state index in [1.165, 1.54) is 12.1 Å². The minimum absolute atomic E-state index is 0.0693. The average Bonchev–Trinajstić information content (AvgIpc) is 3.27. The topological polar surface area (TPSA) is 64.3 Å². The van der Waals surface area contributed by atoms with Crippen molar-refractivity contribution in [2.75, 3.05) is 7.11 Å². The van der Waals surface area contributed by atoms with Gasteiger partial charge < -0.3 is 9.84 Å². The number of methoxy groups -OCH3 is 1. The van der Waals surface area contributed by atoms with Crippen LogP contribution >= 0.6 is 23.4 Å². The first-order valence-corrected chi connectivity index (χ1v) is 13.2. The Morgan fingerprint density at radius 2 is 1.84 bits per heavy atom. The molecule has 0 saturated carbocycles. The Morgan fingerprint density at radius 3 is 2.50 bits per heavy atom. The number of carboxylic acids is 1. The number of aromatic carboxylic acids is 1. The molecule has 3 aromatic carbocycles. The zero-order valence-corrected chi connectivity index (χ0v) is 21.8. The van der Waals surface area contributed by atoms with Gasteiger partial charge in [-0.25, -0.2) is 22.9 Å². The van der Waals surface area contributed by atoms with E-state index < -0.39 is 29.0 Å². The zero-order chi connectivity index (χ0) is 27.0. The lowest BCUT2D eigenvalue weighted by molar-refractivity contribution is 0.0695. The first-order chi connectivity index (χ1) is 18.3. The van der Waals surface area contributed by atoms with Crippen LogP contribution in [0.15, 0.2) is 59.8 Å². The van der Waals surface area contributed by atoms with Crippen molar-refractivity contribution in [2.45, 2.75) is 36.1 Å². The second-order valence-corrected chi connectivity index (χ2v) is 10.2. The van der Waals surface area contributed by atoms with Gasteiger partial charge in [-0.2, -0.15) is 0 Å². The highest BCUT2D eigenvalue weighted by Gasteiger charge is 2.31. The molecule has 4 aromatic rings. The number of carbonyl (C=O) groups is 1. The van der Waals surface area contributed by atoms with Crippen LogP contribution in [0.1, 0.15) is 51.6 Å². The van der Waals surface area contributed by atoms with Gasteiger partial charge in [0, 0.05) is 22.9 Å². The molecule has 1 atom stereocenters. The Hall–Kier alpha value is -3.43. The van der Waals surface area contributed by atoms with E-state index in [4.69, 9.17) is 26.4 Å². The number of imidazole rings is 1. The van der Waals surface area contributed by atoms with Gasteiger partial charge >= 0.3 is 5.97 Å². The fraction of sp³-hybridized carbons (Fsp3) is 0.214. The van der Waals surface area contributed by atoms with Crippen molar-refractivity contribution in [1.82, 2.24) is 9.55 Å². The lowest BCUT2D eigenvalue weighted by atomic mass is 9.84. The largest absolute Gasteiger partial charge is 0.495 e. The molecule has 0 spiro atoms. The molecule has 0 fully saturated rings. The Bertz CT molecular complexity index is 1500. The number of ether oxygens (including phenoxy) is 1. The second kappa shape index (κ2) is 10.7. The highest BCUT2D eigenvalue weighted by atomic mass is 35.5. The fourth-order valence-corrected chi connectivity index (χ4v) is 6.01. The van der Waals surface area contributed by atoms with E-state index in [0.29, 0.717) is 28.0 Å². The molecule has 1 unspecified atom stereocenters. The molecule has 1 heterocycles. The number of fused-ring (bicyclic) bond motifs is 1. The maximum Gasteiger partial charge on any atom is 0.335 e. The second-order valence-electron chi connectivity index (χ2n) is 8.89. The van der Waals surface area contributed by atoms with E-state index in [-0.39, 0.29) is 17.2 Å². The molecule has 1 aliphatic rings. The normalized spacial score (nSPS) is 14.8. The predicted octanol–water partition coefficient (Wildman–Crippen LogP) is 7.41. The molecule has 1 aromatic heterocycles. The summed E-state index contributed by atoms with van der Waals surface area (Å²) in [5, 5.41) is 10.1. The van der Waals surface area contributed by atoms with Crippen LogP contribution < -0.4 is 4.74 Å². The summed E-state index contributed by atoms with van der Waals surface area (Å²) in [7, 11) is 1.55. The van der Waals surface area contributed by atoms with Crippen LogP contribution in [0.2, 0.25) is 5.02 Å². The summed E-state index contributed by atoms with van der Waals surface area (Å²) in [6.07, 6.45) is 2.43. The van der Waals surface area contributed by atoms with Crippen LogP contribution in [0, 0.1) is 17.5 Å². The molecule has 5 nitrogen and oxygen atoms in total. The van der Waals surface area contributed by atoms with E-state index in [1.54, 1.807) is 25.3 Å². The van der Waals surface area contributed by atoms with Crippen molar-refractivity contribution in [3.05, 3.63) is 105 Å². The van der Waals surface area contributed by atoms with Gasteiger partial charge in [-0.15, -0.1) is 0 Å². The highest BCUT2D eigenvalue weighted by Crippen LogP contribution is 2.42. The maximum atomic E-state index is 14.6. The Kier molecular flexibility index (Phi) is 7.40. The Labute approximate surface area is 226 Å². The van der Waals surface area contributed by atoms with Gasteiger partial charge in [0.15, 0.2) is 5.16 Å². The summed E-state index contributed by atoms with van der Waals surface area (Å²) in [5.74, 6) is -3.32. The van der Waals surface area contributed by atoms with Gasteiger partial charge in [0.1, 0.15) is 23.2 Å². The molecule has 0 aliphatic heterocycles. The monoisotopic (exact) mass is 558 g/mol. The van der Waals surface area contributed by atoms with Crippen molar-refractivity contribution in [2.24, 2.45) is 0 Å². The van der Waals surface area contributed by atoms with Crippen LogP contribution in [0.4, 0.5) is 13.2 Å². The summed E-state index contributed by atoms with van der Waals surface area (Å²) in [6, 6.07) is 13.2. The van der Waals surface area contributed by atoms with Gasteiger partial charge in [-0.3, -0.25) is 4.57 Å². The van der Waals surface area contributed by atoms with E-state index in [1.807, 2.05) is 16.7 Å². The SMILES string of the molecule is COc1cc(C2CCCc3nc(SCc4c(F)cc(C(=O)O)cc4F)n(-c4ccc(F)cc4)c32)ccc1Cl. The van der Waals surface area contributed by atoms with Crippen molar-refractivity contribution >= 4 is 29.3 Å². The third-order valence-electron chi connectivity index (χ3n) is 6.59. The molecule has 0 radical (unpaired) electrons. The van der Waals surface area contributed by atoms with Gasteiger partial charge in [-0.1, -0.05) is 29.4 Å². The molecule has 1 aliphatic carbocycles. The van der Waals surface area contributed by atoms with E-state index in [9.17, 15) is 18.0 Å². The van der Waals surface area contributed by atoms with Crippen molar-refractivity contribution in [1.29, 1.82) is 0 Å². The summed E-state index contributed by atoms with van der Waals surface area (Å²) < 4.78 is 50.4. The quantitative estimate of drug-likeness (QED) is 0.239. The molecular weight excluding hydrogens is 537 g/mol. The number of carboxylic acid groups (broad SMARTS) is 1. The Balaban J connectivity index is 1.59. The molecule has 5 rings (SSSR count). The predicted molar refractivity (Wildman–Crippen MR) is 139 cm³/mol. The van der Waals surface area contributed by atoms with Crippen molar-refractivity contribution < 1.29 is 27.8 Å². The van der Waals surface area contributed by atoms with E-state index in [2.05, 4.69) is 0 Å². The zero-order valence-electron chi connectivity index (χ0n) is 20.2. The minimum atomic E-state index is -1.41. The first-order valence-electron chi connectivity index (χ1n) is 11.8. The number of aryl methyl sites for hydroxylation is 1. The third kappa shape index (κ3) is 5.00. The number of halogens is 4. The molecule has 0 saturated heterocycles. The number of rotatable bonds is 7. The molecule has 1 N–H and O–H groups in total. The summed E-state index contributed by atoms with van der Waals surface area (Å²) in [6.45, 7) is 0. The number of benzene rings is 3. The van der Waals surface area contributed by atoms with Gasteiger partial charge in [-0.05, 0) is 73.4 Å². The number of thioether (sulfide) groups is 1. The number of hydrogen-bond donors (Lipinski definition) is 1. The fourth-order valence-electron chi connectivity index (χ4n) is 4.76. The average molecular weight is 559 g/mol. The van der Waals surface area contributed by atoms with E-state index in [0.717, 1.165) is 53.7 Å². The van der Waals surface area contributed by atoms with Crippen molar-refractivity contribution in [3.63, 3.8) is 0 Å². The summed E-state index contributed by atoms with van der Waals surface area (Å²) >= 11 is 7.39. The highest BCUT2D eigenvalue weighted by molar-refractivity contribution is 7.98. The first kappa shape index (κ1) is 26.2. The van der Waals surface area contributed by atoms with Gasteiger partial charge in [0.05, 0.1) is 29.1 Å². The number of nitrogens with zero attached hydrogens (tertiary/aromatic N) is 2. The van der Waals surface area contributed by atoms with Gasteiger partial charge in [0.2, 0.25) is 0 Å². The van der Waals surface area contributed by atoms with E-state index >= 15 is 0 Å². The number of aromatic nitrogens is 2. The van der Waals surface area contributed by atoms with Crippen LogP contribution in [-0.2, 0) is 12.2 Å². The standard InChI is InChI=1S/C28H22ClF3N2O3S/c1-37-25-13-15(5-10-21(25)29)19-3-2-4-24-26(19)34(18-8-6-17(30)7-9-18)28(33-24)38-14-20-22(31)11-16(27(35)36)12-23(20)32/h5-13,19H,2-4,14H2,1H3,(H,35,36). The molecule has 0 amide bonds. The molecule has 38 heavy (non-hydrogen) atoms. The third-order valence-corrected chi connectivity index (χ3v) is 7.87. The smallest absolute Gasteiger partial charge is 0.335 e. The lowest BCUT2D eigenvalue weighted by Gasteiger charge is -2.26. The summed E-state index contributed by atoms with van der Waals surface area (Å²) in [5.41, 5.74) is 2.70. The van der Waals surface area contributed by atoms with Crippen LogP contribution in [-0.4, -0.2) is 27.7 Å². The molecule has 196 valence electrons. The summed E-state index contributed by atoms with van der Waals surface area (Å²) in [4.78, 5) is 16.0. The van der Waals surface area contributed by atoms with Gasteiger partial charge in [0.25, 0.3) is 0 Å².